The zero-order valence-electron chi connectivity index (χ0n) is 31.0. The van der Waals surface area contributed by atoms with E-state index in [0.29, 0.717) is 20.0 Å². The predicted octanol–water partition coefficient (Wildman–Crippen LogP) is 13.0. The quantitative estimate of drug-likeness (QED) is 0.0380. The molecule has 270 valence electrons. The number of hydrogen-bond donors (Lipinski definition) is 0. The summed E-state index contributed by atoms with van der Waals surface area (Å²) in [5, 5.41) is 0. The fourth-order valence-corrected chi connectivity index (χ4v) is 5.32. The van der Waals surface area contributed by atoms with E-state index >= 15 is 0 Å². The molecule has 0 saturated heterocycles. The van der Waals surface area contributed by atoms with Gasteiger partial charge in [-0.1, -0.05) is 140 Å². The molecule has 0 aliphatic rings. The molecule has 0 spiro atoms. The highest BCUT2D eigenvalue weighted by Crippen LogP contribution is 2.11. The van der Waals surface area contributed by atoms with Crippen LogP contribution in [0.25, 0.3) is 0 Å². The van der Waals surface area contributed by atoms with Gasteiger partial charge >= 0.3 is 0 Å². The third kappa shape index (κ3) is 39.0. The summed E-state index contributed by atoms with van der Waals surface area (Å²) in [6.45, 7) is 7.83. The maximum Gasteiger partial charge on any atom is 0.146 e. The molecular weight excluding hydrogens is 568 g/mol. The molecule has 0 fully saturated rings. The van der Waals surface area contributed by atoms with Crippen LogP contribution in [0.2, 0.25) is 0 Å². The van der Waals surface area contributed by atoms with Crippen molar-refractivity contribution < 1.29 is 18.9 Å². The lowest BCUT2D eigenvalue weighted by Gasteiger charge is -2.18. The lowest BCUT2D eigenvalue weighted by Crippen LogP contribution is -2.23. The van der Waals surface area contributed by atoms with Crippen molar-refractivity contribution in [2.24, 2.45) is 0 Å². The Balaban J connectivity index is 3.71. The lowest BCUT2D eigenvalue weighted by molar-refractivity contribution is -0.0642. The fourth-order valence-electron chi connectivity index (χ4n) is 5.32. The molecule has 0 aromatic carbocycles. The number of unbranched alkanes of at least 4 members (excludes halogenated alkanes) is 18. The van der Waals surface area contributed by atoms with Crippen LogP contribution in [0, 0.1) is 0 Å². The largest absolute Gasteiger partial charge is 0.379 e. The number of methoxy groups -OCH3 is 1. The Hall–Kier alpha value is -1.20. The van der Waals surface area contributed by atoms with Gasteiger partial charge in [-0.05, 0) is 83.5 Å². The van der Waals surface area contributed by atoms with Gasteiger partial charge in [-0.2, -0.15) is 0 Å². The van der Waals surface area contributed by atoms with Crippen molar-refractivity contribution >= 4 is 0 Å². The minimum Gasteiger partial charge on any atom is -0.379 e. The van der Waals surface area contributed by atoms with E-state index in [4.69, 9.17) is 18.9 Å². The van der Waals surface area contributed by atoms with Gasteiger partial charge in [0.2, 0.25) is 0 Å². The minimum atomic E-state index is 0.111. The Morgan fingerprint density at radius 3 is 1.35 bits per heavy atom. The van der Waals surface area contributed by atoms with Crippen molar-refractivity contribution in [2.45, 2.75) is 180 Å². The van der Waals surface area contributed by atoms with Crippen LogP contribution >= 0.6 is 0 Å². The highest BCUT2D eigenvalue weighted by molar-refractivity contribution is 4.93. The molecule has 0 aromatic heterocycles. The second-order valence-electron chi connectivity index (χ2n) is 12.8. The van der Waals surface area contributed by atoms with Gasteiger partial charge in [0.15, 0.2) is 0 Å². The third-order valence-electron chi connectivity index (χ3n) is 8.28. The maximum atomic E-state index is 6.20. The molecular formula is C42H78O4. The molecule has 46 heavy (non-hydrogen) atoms. The first-order valence-corrected chi connectivity index (χ1v) is 19.7. The van der Waals surface area contributed by atoms with Gasteiger partial charge < -0.3 is 18.9 Å². The summed E-state index contributed by atoms with van der Waals surface area (Å²) in [7, 11) is 1.66. The smallest absolute Gasteiger partial charge is 0.146 e. The highest BCUT2D eigenvalue weighted by atomic mass is 16.7. The van der Waals surface area contributed by atoms with Crippen LogP contribution in [0.15, 0.2) is 48.6 Å². The van der Waals surface area contributed by atoms with Crippen molar-refractivity contribution in [3.8, 4) is 0 Å². The first-order chi connectivity index (χ1) is 22.8. The standard InChI is InChI=1S/C42H78O4/c1-4-6-8-10-12-14-16-18-20-22-24-26-28-30-32-34-37-44-40-42(36-39-45-41-43-3)46-38-35-33-31-29-27-25-23-21-19-17-15-13-11-9-7-5-2/h12-15,18-21,42H,4-11,16-17,22-41H2,1-3H3/b14-12-,15-13-,20-18-,21-19-. The molecule has 1 atom stereocenters. The molecule has 0 N–H and O–H groups in total. The van der Waals surface area contributed by atoms with E-state index in [1.807, 2.05) is 0 Å². The molecule has 0 saturated carbocycles. The van der Waals surface area contributed by atoms with Crippen molar-refractivity contribution in [1.82, 2.24) is 0 Å². The van der Waals surface area contributed by atoms with E-state index in [2.05, 4.69) is 62.5 Å². The van der Waals surface area contributed by atoms with Gasteiger partial charge in [0.05, 0.1) is 19.3 Å². The summed E-state index contributed by atoms with van der Waals surface area (Å²) in [6, 6.07) is 0. The third-order valence-corrected chi connectivity index (χ3v) is 8.28. The van der Waals surface area contributed by atoms with Crippen LogP contribution in [0.4, 0.5) is 0 Å². The minimum absolute atomic E-state index is 0.111. The monoisotopic (exact) mass is 647 g/mol. The Bertz CT molecular complexity index is 669. The van der Waals surface area contributed by atoms with E-state index in [0.717, 1.165) is 45.3 Å². The Morgan fingerprint density at radius 1 is 0.435 bits per heavy atom. The summed E-state index contributed by atoms with van der Waals surface area (Å²) in [5.74, 6) is 0. The summed E-state index contributed by atoms with van der Waals surface area (Å²) in [4.78, 5) is 0. The summed E-state index contributed by atoms with van der Waals surface area (Å²) >= 11 is 0. The van der Waals surface area contributed by atoms with Crippen LogP contribution < -0.4 is 0 Å². The molecule has 1 unspecified atom stereocenters. The topological polar surface area (TPSA) is 36.9 Å². The zero-order chi connectivity index (χ0) is 33.3. The van der Waals surface area contributed by atoms with E-state index < -0.39 is 0 Å². The number of hydrogen-bond acceptors (Lipinski definition) is 4. The molecule has 0 rings (SSSR count). The predicted molar refractivity (Wildman–Crippen MR) is 202 cm³/mol. The SMILES string of the molecule is CCCCC/C=C\C/C=C\CCCCCCCCOCC(CCOCOC)OCCCCCCCC/C=C\C/C=C\CCCCC. The van der Waals surface area contributed by atoms with E-state index in [9.17, 15) is 0 Å². The van der Waals surface area contributed by atoms with Crippen LogP contribution in [0.5, 0.6) is 0 Å². The van der Waals surface area contributed by atoms with Crippen LogP contribution in [-0.2, 0) is 18.9 Å². The zero-order valence-corrected chi connectivity index (χ0v) is 31.0. The van der Waals surface area contributed by atoms with Crippen LogP contribution in [0.3, 0.4) is 0 Å². The van der Waals surface area contributed by atoms with Gasteiger partial charge in [0.25, 0.3) is 0 Å². The van der Waals surface area contributed by atoms with Gasteiger partial charge in [0.1, 0.15) is 6.79 Å². The molecule has 0 amide bonds. The van der Waals surface area contributed by atoms with E-state index in [1.54, 1.807) is 7.11 Å². The van der Waals surface area contributed by atoms with Gasteiger partial charge in [-0.3, -0.25) is 0 Å². The molecule has 4 nitrogen and oxygen atoms in total. The molecule has 0 radical (unpaired) electrons. The van der Waals surface area contributed by atoms with E-state index in [-0.39, 0.29) is 6.10 Å². The van der Waals surface area contributed by atoms with Gasteiger partial charge in [-0.15, -0.1) is 0 Å². The summed E-state index contributed by atoms with van der Waals surface area (Å²) in [5.41, 5.74) is 0. The second kappa shape index (κ2) is 41.8. The van der Waals surface area contributed by atoms with Crippen LogP contribution in [-0.4, -0.2) is 46.4 Å². The fraction of sp³-hybridized carbons (Fsp3) is 0.810. The van der Waals surface area contributed by atoms with Crippen molar-refractivity contribution in [3.63, 3.8) is 0 Å². The Labute approximate surface area is 287 Å². The maximum absolute atomic E-state index is 6.20. The average molecular weight is 647 g/mol. The van der Waals surface area contributed by atoms with Crippen molar-refractivity contribution in [2.75, 3.05) is 40.3 Å². The second-order valence-corrected chi connectivity index (χ2v) is 12.8. The first-order valence-electron chi connectivity index (χ1n) is 19.7. The molecule has 0 aliphatic heterocycles. The van der Waals surface area contributed by atoms with Gasteiger partial charge in [-0.25, -0.2) is 0 Å². The Kier molecular flexibility index (Phi) is 40.7. The van der Waals surface area contributed by atoms with E-state index in [1.165, 1.54) is 128 Å². The molecule has 0 bridgehead atoms. The van der Waals surface area contributed by atoms with Crippen LogP contribution in [0.1, 0.15) is 174 Å². The normalized spacial score (nSPS) is 13.0. The average Bonchev–Trinajstić information content (AvgIpc) is 3.07. The molecule has 0 heterocycles. The van der Waals surface area contributed by atoms with Crippen molar-refractivity contribution in [3.05, 3.63) is 48.6 Å². The Morgan fingerprint density at radius 2 is 0.870 bits per heavy atom. The number of allylic oxidation sites excluding steroid dienone is 8. The first kappa shape index (κ1) is 44.8. The number of rotatable bonds is 38. The van der Waals surface area contributed by atoms with Crippen molar-refractivity contribution in [1.29, 1.82) is 0 Å². The summed E-state index contributed by atoms with van der Waals surface area (Å²) in [6.07, 6.45) is 50.1. The molecule has 0 aromatic rings. The molecule has 0 aliphatic carbocycles. The highest BCUT2D eigenvalue weighted by Gasteiger charge is 2.10. The lowest BCUT2D eigenvalue weighted by atomic mass is 10.1. The summed E-state index contributed by atoms with van der Waals surface area (Å²) < 4.78 is 22.8. The molecule has 4 heteroatoms. The number of ether oxygens (including phenoxy) is 4. The van der Waals surface area contributed by atoms with Gasteiger partial charge in [0, 0.05) is 20.3 Å².